The highest BCUT2D eigenvalue weighted by Gasteiger charge is 2.13. The van der Waals surface area contributed by atoms with Gasteiger partial charge in [-0.15, -0.1) is 0 Å². The Labute approximate surface area is 126 Å². The zero-order chi connectivity index (χ0) is 14.0. The highest BCUT2D eigenvalue weighted by atomic mass is 79.9. The number of carbonyl (C=O) groups excluding carboxylic acids is 1. The standard InChI is InChI=1S/C12H6BrCl2FN2O/c13-11-7(2-1-3-17-11)12(19)18-6-4-8(14)10(16)9(15)5-6/h1-5H,(H,18,19). The molecule has 0 atom stereocenters. The molecule has 1 N–H and O–H groups in total. The molecule has 0 aliphatic carbocycles. The zero-order valence-corrected chi connectivity index (χ0v) is 12.4. The van der Waals surface area contributed by atoms with E-state index in [9.17, 15) is 9.18 Å². The van der Waals surface area contributed by atoms with Crippen LogP contribution < -0.4 is 5.32 Å². The van der Waals surface area contributed by atoms with Crippen molar-refractivity contribution in [2.45, 2.75) is 0 Å². The van der Waals surface area contributed by atoms with Gasteiger partial charge in [-0.25, -0.2) is 9.37 Å². The number of hydrogen-bond acceptors (Lipinski definition) is 2. The lowest BCUT2D eigenvalue weighted by Crippen LogP contribution is -2.13. The van der Waals surface area contributed by atoms with Crippen LogP contribution in [0.25, 0.3) is 0 Å². The first kappa shape index (κ1) is 14.2. The van der Waals surface area contributed by atoms with Gasteiger partial charge in [0.15, 0.2) is 5.82 Å². The molecular weight excluding hydrogens is 358 g/mol. The van der Waals surface area contributed by atoms with Crippen LogP contribution >= 0.6 is 39.1 Å². The minimum atomic E-state index is -0.719. The van der Waals surface area contributed by atoms with E-state index in [1.54, 1.807) is 18.3 Å². The van der Waals surface area contributed by atoms with E-state index in [2.05, 4.69) is 26.2 Å². The van der Waals surface area contributed by atoms with Gasteiger partial charge in [0.25, 0.3) is 5.91 Å². The molecule has 2 aromatic rings. The monoisotopic (exact) mass is 362 g/mol. The molecule has 1 aromatic heterocycles. The number of carbonyl (C=O) groups is 1. The van der Waals surface area contributed by atoms with Gasteiger partial charge in [0, 0.05) is 11.9 Å². The zero-order valence-electron chi connectivity index (χ0n) is 9.25. The quantitative estimate of drug-likeness (QED) is 0.628. The average Bonchev–Trinajstić information content (AvgIpc) is 2.36. The number of rotatable bonds is 2. The molecular formula is C12H6BrCl2FN2O. The van der Waals surface area contributed by atoms with Crippen molar-refractivity contribution < 1.29 is 9.18 Å². The van der Waals surface area contributed by atoms with Gasteiger partial charge in [0.1, 0.15) is 4.60 Å². The summed E-state index contributed by atoms with van der Waals surface area (Å²) < 4.78 is 13.7. The summed E-state index contributed by atoms with van der Waals surface area (Å²) in [5.41, 5.74) is 0.649. The number of amides is 1. The fourth-order valence-corrected chi connectivity index (χ4v) is 2.30. The van der Waals surface area contributed by atoms with Crippen molar-refractivity contribution in [2.24, 2.45) is 0 Å². The summed E-state index contributed by atoms with van der Waals surface area (Å²) in [5, 5.41) is 2.25. The van der Waals surface area contributed by atoms with Gasteiger partial charge in [0.05, 0.1) is 15.6 Å². The van der Waals surface area contributed by atoms with Crippen molar-refractivity contribution in [1.82, 2.24) is 4.98 Å². The van der Waals surface area contributed by atoms with E-state index in [-0.39, 0.29) is 10.0 Å². The summed E-state index contributed by atoms with van der Waals surface area (Å²) >= 11 is 14.5. The molecule has 0 spiro atoms. The molecule has 7 heteroatoms. The van der Waals surface area contributed by atoms with E-state index in [0.717, 1.165) is 0 Å². The molecule has 0 aliphatic rings. The maximum absolute atomic E-state index is 13.2. The Morgan fingerprint density at radius 2 is 1.95 bits per heavy atom. The van der Waals surface area contributed by atoms with Crippen LogP contribution in [0.2, 0.25) is 10.0 Å². The molecule has 1 amide bonds. The highest BCUT2D eigenvalue weighted by Crippen LogP contribution is 2.27. The van der Waals surface area contributed by atoms with Crippen molar-refractivity contribution in [3.05, 3.63) is 56.5 Å². The van der Waals surface area contributed by atoms with Gasteiger partial charge in [-0.3, -0.25) is 4.79 Å². The minimum absolute atomic E-state index is 0.159. The number of hydrogen-bond donors (Lipinski definition) is 1. The molecule has 0 saturated carbocycles. The predicted octanol–water partition coefficient (Wildman–Crippen LogP) is 4.54. The van der Waals surface area contributed by atoms with E-state index >= 15 is 0 Å². The Hall–Kier alpha value is -1.17. The molecule has 1 aromatic carbocycles. The highest BCUT2D eigenvalue weighted by molar-refractivity contribution is 9.10. The Bertz CT molecular complexity index is 628. The molecule has 3 nitrogen and oxygen atoms in total. The van der Waals surface area contributed by atoms with E-state index < -0.39 is 11.7 Å². The van der Waals surface area contributed by atoms with Gasteiger partial charge in [-0.05, 0) is 40.2 Å². The number of pyridine rings is 1. The van der Waals surface area contributed by atoms with Crippen molar-refractivity contribution in [2.75, 3.05) is 5.32 Å². The molecule has 19 heavy (non-hydrogen) atoms. The number of nitrogens with one attached hydrogen (secondary N) is 1. The molecule has 98 valence electrons. The second-order valence-electron chi connectivity index (χ2n) is 3.55. The summed E-state index contributed by atoms with van der Waals surface area (Å²) in [6.07, 6.45) is 1.55. The molecule has 0 unspecified atom stereocenters. The van der Waals surface area contributed by atoms with E-state index in [1.165, 1.54) is 12.1 Å². The SMILES string of the molecule is O=C(Nc1cc(Cl)c(F)c(Cl)c1)c1cccnc1Br. The minimum Gasteiger partial charge on any atom is -0.322 e. The van der Waals surface area contributed by atoms with E-state index in [0.29, 0.717) is 15.9 Å². The number of halogens is 4. The third-order valence-electron chi connectivity index (χ3n) is 2.25. The number of aromatic nitrogens is 1. The first-order valence-corrected chi connectivity index (χ1v) is 6.60. The van der Waals surface area contributed by atoms with E-state index in [1.807, 2.05) is 0 Å². The maximum atomic E-state index is 13.2. The lowest BCUT2D eigenvalue weighted by Gasteiger charge is -2.08. The van der Waals surface area contributed by atoms with Crippen LogP contribution in [0.15, 0.2) is 35.1 Å². The fraction of sp³-hybridized carbons (Fsp3) is 0. The number of nitrogens with zero attached hydrogens (tertiary/aromatic N) is 1. The van der Waals surface area contributed by atoms with Gasteiger partial charge < -0.3 is 5.32 Å². The Morgan fingerprint density at radius 3 is 2.53 bits per heavy atom. The maximum Gasteiger partial charge on any atom is 0.258 e. The molecule has 1 heterocycles. The lowest BCUT2D eigenvalue weighted by atomic mass is 10.2. The Morgan fingerprint density at radius 1 is 1.32 bits per heavy atom. The topological polar surface area (TPSA) is 42.0 Å². The predicted molar refractivity (Wildman–Crippen MR) is 76.3 cm³/mol. The van der Waals surface area contributed by atoms with Crippen LogP contribution in [0.4, 0.5) is 10.1 Å². The third-order valence-corrected chi connectivity index (χ3v) is 3.43. The summed E-state index contributed by atoms with van der Waals surface area (Å²) in [5.74, 6) is -1.12. The largest absolute Gasteiger partial charge is 0.322 e. The van der Waals surface area contributed by atoms with Crippen molar-refractivity contribution in [3.8, 4) is 0 Å². The van der Waals surface area contributed by atoms with Gasteiger partial charge in [0.2, 0.25) is 0 Å². The Balaban J connectivity index is 2.27. The Kier molecular flexibility index (Phi) is 4.39. The summed E-state index contributed by atoms with van der Waals surface area (Å²) in [4.78, 5) is 15.9. The van der Waals surface area contributed by atoms with Crippen LogP contribution in [-0.2, 0) is 0 Å². The summed E-state index contributed by atoms with van der Waals surface area (Å²) in [6, 6.07) is 5.79. The van der Waals surface area contributed by atoms with Crippen molar-refractivity contribution >= 4 is 50.7 Å². The number of benzene rings is 1. The first-order chi connectivity index (χ1) is 8.99. The van der Waals surface area contributed by atoms with Crippen LogP contribution in [0.3, 0.4) is 0 Å². The smallest absolute Gasteiger partial charge is 0.258 e. The average molecular weight is 364 g/mol. The van der Waals surface area contributed by atoms with Crippen LogP contribution in [-0.4, -0.2) is 10.9 Å². The summed E-state index contributed by atoms with van der Waals surface area (Å²) in [6.45, 7) is 0. The van der Waals surface area contributed by atoms with Crippen molar-refractivity contribution in [1.29, 1.82) is 0 Å². The lowest BCUT2D eigenvalue weighted by molar-refractivity contribution is 0.102. The van der Waals surface area contributed by atoms with Crippen LogP contribution in [0.5, 0.6) is 0 Å². The van der Waals surface area contributed by atoms with Gasteiger partial charge >= 0.3 is 0 Å². The number of anilines is 1. The second kappa shape index (κ2) is 5.86. The molecule has 2 rings (SSSR count). The van der Waals surface area contributed by atoms with Gasteiger partial charge in [-0.2, -0.15) is 0 Å². The van der Waals surface area contributed by atoms with Crippen LogP contribution in [0.1, 0.15) is 10.4 Å². The second-order valence-corrected chi connectivity index (χ2v) is 5.12. The molecule has 0 bridgehead atoms. The normalized spacial score (nSPS) is 10.3. The fourth-order valence-electron chi connectivity index (χ4n) is 1.38. The summed E-state index contributed by atoms with van der Waals surface area (Å²) in [7, 11) is 0. The van der Waals surface area contributed by atoms with E-state index in [4.69, 9.17) is 23.2 Å². The molecule has 0 aliphatic heterocycles. The van der Waals surface area contributed by atoms with Gasteiger partial charge in [-0.1, -0.05) is 23.2 Å². The molecule has 0 radical (unpaired) electrons. The third kappa shape index (κ3) is 3.23. The van der Waals surface area contributed by atoms with Crippen LogP contribution in [0, 0.1) is 5.82 Å². The molecule has 0 fully saturated rings. The molecule has 0 saturated heterocycles. The van der Waals surface area contributed by atoms with Crippen molar-refractivity contribution in [3.63, 3.8) is 0 Å². The first-order valence-electron chi connectivity index (χ1n) is 5.05.